The van der Waals surface area contributed by atoms with Crippen LogP contribution in [0.5, 0.6) is 0 Å². The van der Waals surface area contributed by atoms with Crippen molar-refractivity contribution in [2.75, 3.05) is 29.4 Å². The number of aryl methyl sites for hydroxylation is 3. The van der Waals surface area contributed by atoms with E-state index in [-0.39, 0.29) is 5.41 Å². The second-order valence-electron chi connectivity index (χ2n) is 13.9. The second kappa shape index (κ2) is 11.9. The van der Waals surface area contributed by atoms with Gasteiger partial charge in [-0.05, 0) is 88.5 Å². The van der Waals surface area contributed by atoms with Crippen LogP contribution < -0.4 is 9.80 Å². The normalized spacial score (nSPS) is 17.5. The molecule has 1 fully saturated rings. The number of benzene rings is 1. The Kier molecular flexibility index (Phi) is 8.54. The van der Waals surface area contributed by atoms with Gasteiger partial charge in [0, 0.05) is 60.6 Å². The molecule has 0 radical (unpaired) electrons. The minimum absolute atomic E-state index is 0.250. The molecular weight excluding hydrogens is 538 g/mol. The van der Waals surface area contributed by atoms with Crippen molar-refractivity contribution in [2.24, 2.45) is 5.41 Å². The molecule has 8 heteroatoms. The zero-order valence-corrected chi connectivity index (χ0v) is 27.1. The zero-order valence-electron chi connectivity index (χ0n) is 27.1. The monoisotopic (exact) mass is 585 g/mol. The van der Waals surface area contributed by atoms with E-state index in [1.165, 1.54) is 11.1 Å². The Morgan fingerprint density at radius 3 is 2.40 bits per heavy atom. The molecule has 5 rings (SSSR count). The summed E-state index contributed by atoms with van der Waals surface area (Å²) in [5, 5.41) is 10.5. The van der Waals surface area contributed by atoms with Gasteiger partial charge in [0.15, 0.2) is 6.10 Å². The van der Waals surface area contributed by atoms with Crippen LogP contribution in [0.4, 0.5) is 11.6 Å². The van der Waals surface area contributed by atoms with Crippen LogP contribution in [0.1, 0.15) is 94.3 Å². The van der Waals surface area contributed by atoms with E-state index in [1.54, 1.807) is 0 Å². The van der Waals surface area contributed by atoms with Crippen molar-refractivity contribution < 1.29 is 14.6 Å². The molecule has 8 nitrogen and oxygen atoms in total. The Morgan fingerprint density at radius 1 is 1.02 bits per heavy atom. The van der Waals surface area contributed by atoms with Crippen LogP contribution in [0.3, 0.4) is 0 Å². The molecule has 0 spiro atoms. The van der Waals surface area contributed by atoms with Crippen molar-refractivity contribution in [3.63, 3.8) is 0 Å². The van der Waals surface area contributed by atoms with Crippen LogP contribution in [0.15, 0.2) is 30.5 Å². The lowest BCUT2D eigenvalue weighted by Gasteiger charge is -2.41. The van der Waals surface area contributed by atoms with Crippen molar-refractivity contribution in [3.05, 3.63) is 64.2 Å². The molecule has 1 atom stereocenters. The number of anilines is 2. The minimum atomic E-state index is -1.12. The highest BCUT2D eigenvalue weighted by Gasteiger charge is 2.36. The summed E-state index contributed by atoms with van der Waals surface area (Å²) < 4.78 is 6.25. The number of hydrogen-bond acceptors (Lipinski definition) is 7. The zero-order chi connectivity index (χ0) is 31.1. The third kappa shape index (κ3) is 6.69. The summed E-state index contributed by atoms with van der Waals surface area (Å²) in [6.45, 7) is 19.7. The molecule has 1 saturated heterocycles. The first-order valence-corrected chi connectivity index (χ1v) is 15.6. The number of fused-ring (bicyclic) bond motifs is 1. The molecule has 4 heterocycles. The molecule has 2 aliphatic heterocycles. The van der Waals surface area contributed by atoms with E-state index < -0.39 is 17.7 Å². The summed E-state index contributed by atoms with van der Waals surface area (Å²) in [6.07, 6.45) is 4.56. The predicted molar refractivity (Wildman–Crippen MR) is 172 cm³/mol. The third-order valence-corrected chi connectivity index (χ3v) is 8.82. The summed E-state index contributed by atoms with van der Waals surface area (Å²) in [5.41, 5.74) is 8.54. The fraction of sp³-hybridized carbons (Fsp3) is 0.543. The molecular formula is C35H47N5O3. The summed E-state index contributed by atoms with van der Waals surface area (Å²) in [4.78, 5) is 31.7. The average Bonchev–Trinajstić information content (AvgIpc) is 2.95. The number of carboxylic acid groups (broad SMARTS) is 1. The van der Waals surface area contributed by atoms with Crippen molar-refractivity contribution in [1.82, 2.24) is 15.0 Å². The lowest BCUT2D eigenvalue weighted by atomic mass is 9.81. The quantitative estimate of drug-likeness (QED) is 0.322. The van der Waals surface area contributed by atoms with E-state index in [2.05, 4.69) is 53.8 Å². The first-order chi connectivity index (χ1) is 20.3. The maximum atomic E-state index is 12.8. The Hall–Kier alpha value is -3.52. The van der Waals surface area contributed by atoms with Crippen LogP contribution in [0, 0.1) is 19.3 Å². The van der Waals surface area contributed by atoms with Gasteiger partial charge in [0.1, 0.15) is 0 Å². The van der Waals surface area contributed by atoms with Crippen molar-refractivity contribution in [2.45, 2.75) is 99.3 Å². The third-order valence-electron chi connectivity index (χ3n) is 8.82. The average molecular weight is 586 g/mol. The van der Waals surface area contributed by atoms with Gasteiger partial charge < -0.3 is 19.6 Å². The number of ether oxygens (including phenoxy) is 1. The second-order valence-corrected chi connectivity index (χ2v) is 13.9. The van der Waals surface area contributed by atoms with Crippen molar-refractivity contribution in [1.29, 1.82) is 0 Å². The molecule has 1 N–H and O–H groups in total. The van der Waals surface area contributed by atoms with E-state index in [1.807, 2.05) is 46.9 Å². The van der Waals surface area contributed by atoms with E-state index in [4.69, 9.17) is 14.7 Å². The summed E-state index contributed by atoms with van der Waals surface area (Å²) in [5.74, 6) is -0.209. The Labute approximate surface area is 256 Å². The number of carbonyl (C=O) groups is 1. The number of carboxylic acids is 1. The van der Waals surface area contributed by atoms with Gasteiger partial charge in [-0.1, -0.05) is 39.0 Å². The maximum absolute atomic E-state index is 12.8. The minimum Gasteiger partial charge on any atom is -0.479 e. The Bertz CT molecular complexity index is 1500. The number of aromatic nitrogens is 3. The molecule has 230 valence electrons. The Balaban J connectivity index is 1.60. The highest BCUT2D eigenvalue weighted by Crippen LogP contribution is 2.45. The molecule has 0 amide bonds. The predicted octanol–water partition coefficient (Wildman–Crippen LogP) is 6.85. The van der Waals surface area contributed by atoms with Gasteiger partial charge >= 0.3 is 5.97 Å². The van der Waals surface area contributed by atoms with E-state index in [0.29, 0.717) is 11.3 Å². The molecule has 0 bridgehead atoms. The molecule has 1 unspecified atom stereocenters. The number of aliphatic carboxylic acids is 1. The Morgan fingerprint density at radius 2 is 1.74 bits per heavy atom. The number of hydrogen-bond donors (Lipinski definition) is 1. The molecule has 2 aliphatic rings. The van der Waals surface area contributed by atoms with Gasteiger partial charge in [-0.15, -0.1) is 0 Å². The number of piperidine rings is 1. The van der Waals surface area contributed by atoms with Gasteiger partial charge in [0.2, 0.25) is 5.95 Å². The fourth-order valence-electron chi connectivity index (χ4n) is 6.37. The molecule has 1 aromatic carbocycles. The summed E-state index contributed by atoms with van der Waals surface area (Å²) in [6, 6.07) is 8.65. The van der Waals surface area contributed by atoms with Crippen molar-refractivity contribution >= 4 is 17.6 Å². The van der Waals surface area contributed by atoms with Crippen LogP contribution in [0.2, 0.25) is 0 Å². The largest absolute Gasteiger partial charge is 0.479 e. The lowest BCUT2D eigenvalue weighted by molar-refractivity contribution is -0.160. The highest BCUT2D eigenvalue weighted by atomic mass is 16.5. The van der Waals surface area contributed by atoms with E-state index in [9.17, 15) is 9.90 Å². The fourth-order valence-corrected chi connectivity index (χ4v) is 6.37. The topological polar surface area (TPSA) is 91.7 Å². The van der Waals surface area contributed by atoms with Gasteiger partial charge in [0.25, 0.3) is 0 Å². The van der Waals surface area contributed by atoms with E-state index >= 15 is 0 Å². The first kappa shape index (κ1) is 30.9. The van der Waals surface area contributed by atoms with Gasteiger partial charge in [-0.2, -0.15) is 0 Å². The number of pyridine rings is 1. The van der Waals surface area contributed by atoms with Crippen LogP contribution in [-0.2, 0) is 28.9 Å². The summed E-state index contributed by atoms with van der Waals surface area (Å²) >= 11 is 0. The lowest BCUT2D eigenvalue weighted by Crippen LogP contribution is -2.39. The molecule has 2 aromatic heterocycles. The van der Waals surface area contributed by atoms with E-state index in [0.717, 1.165) is 86.0 Å². The summed E-state index contributed by atoms with van der Waals surface area (Å²) in [7, 11) is 0. The molecule has 0 saturated carbocycles. The van der Waals surface area contributed by atoms with Crippen molar-refractivity contribution in [3.8, 4) is 11.1 Å². The molecule has 0 aliphatic carbocycles. The molecule has 43 heavy (non-hydrogen) atoms. The van der Waals surface area contributed by atoms with Crippen LogP contribution >= 0.6 is 0 Å². The van der Waals surface area contributed by atoms with Crippen LogP contribution in [0.25, 0.3) is 11.1 Å². The van der Waals surface area contributed by atoms with Gasteiger partial charge in [-0.3, -0.25) is 4.98 Å². The number of nitrogens with zero attached hydrogens (tertiary/aromatic N) is 5. The molecule has 3 aromatic rings. The number of rotatable bonds is 7. The smallest absolute Gasteiger partial charge is 0.337 e. The SMILES string of the molecule is CCc1ccnc(N2CCc3cc(-c4c(C)nc(C)c(C(OC(C)(C)C)C(=O)O)c4N4CCC(C)(C)CC4)ccc3C2)n1. The van der Waals surface area contributed by atoms with Crippen LogP contribution in [-0.4, -0.2) is 51.3 Å². The maximum Gasteiger partial charge on any atom is 0.337 e. The van der Waals surface area contributed by atoms with Gasteiger partial charge in [-0.25, -0.2) is 14.8 Å². The van der Waals surface area contributed by atoms with Gasteiger partial charge in [0.05, 0.1) is 11.3 Å². The first-order valence-electron chi connectivity index (χ1n) is 15.6. The highest BCUT2D eigenvalue weighted by molar-refractivity contribution is 5.88. The standard InChI is InChI=1S/C35H47N5O3/c1-9-27-12-16-36-33(38-27)40-17-13-24-20-25(10-11-26(24)21-40)28-22(2)37-23(3)29(31(32(41)42)43-34(4,5)6)30(28)39-18-14-35(7,8)15-19-39/h10-12,16,20,31H,9,13-15,17-19,21H2,1-8H3,(H,41,42).